The van der Waals surface area contributed by atoms with Gasteiger partial charge >= 0.3 is 0 Å². The summed E-state index contributed by atoms with van der Waals surface area (Å²) in [6.07, 6.45) is -1.14. The predicted molar refractivity (Wildman–Crippen MR) is 85.4 cm³/mol. The van der Waals surface area contributed by atoms with E-state index in [1.165, 1.54) is 12.4 Å². The number of hydroxylamine groups is 1. The van der Waals surface area contributed by atoms with Gasteiger partial charge in [0, 0.05) is 25.2 Å². The second kappa shape index (κ2) is 8.74. The smallest absolute Gasteiger partial charge is 0.268 e. The number of carbonyl (C=O) groups excluding carboxylic acids is 2. The van der Waals surface area contributed by atoms with Crippen LogP contribution in [-0.2, 0) is 16.1 Å². The summed E-state index contributed by atoms with van der Waals surface area (Å²) in [6, 6.07) is 5.82. The highest BCUT2D eigenvalue weighted by Gasteiger charge is 2.25. The van der Waals surface area contributed by atoms with Crippen LogP contribution in [0.25, 0.3) is 0 Å². The van der Waals surface area contributed by atoms with Gasteiger partial charge in [0.1, 0.15) is 6.04 Å². The van der Waals surface area contributed by atoms with Gasteiger partial charge in [-0.05, 0) is 24.6 Å². The van der Waals surface area contributed by atoms with Crippen molar-refractivity contribution in [1.29, 1.82) is 0 Å². The Bertz CT molecular complexity index is 555. The molecule has 2 atom stereocenters. The average Bonchev–Trinajstić information content (AvgIpc) is 2.60. The minimum Gasteiger partial charge on any atom is -0.391 e. The number of benzene rings is 1. The molecule has 2 amide bonds. The molecule has 0 bridgehead atoms. The molecule has 24 heavy (non-hydrogen) atoms. The lowest BCUT2D eigenvalue weighted by Crippen LogP contribution is -2.51. The Morgan fingerprint density at radius 1 is 1.25 bits per heavy atom. The Kier molecular flexibility index (Phi) is 6.68. The van der Waals surface area contributed by atoms with Gasteiger partial charge in [-0.2, -0.15) is 0 Å². The Morgan fingerprint density at radius 3 is 2.42 bits per heavy atom. The van der Waals surface area contributed by atoms with Crippen molar-refractivity contribution in [1.82, 2.24) is 15.7 Å². The summed E-state index contributed by atoms with van der Waals surface area (Å²) in [5.41, 5.74) is 2.88. The van der Waals surface area contributed by atoms with Crippen molar-refractivity contribution in [3.63, 3.8) is 0 Å². The number of aliphatic hydroxyl groups is 1. The number of hydrogen-bond acceptors (Lipinski definition) is 6. The van der Waals surface area contributed by atoms with Crippen LogP contribution in [0, 0.1) is 0 Å². The van der Waals surface area contributed by atoms with Gasteiger partial charge in [-0.15, -0.1) is 0 Å². The second-order valence-corrected chi connectivity index (χ2v) is 5.75. The van der Waals surface area contributed by atoms with Crippen LogP contribution in [0.3, 0.4) is 0 Å². The molecular weight excluding hydrogens is 314 g/mol. The summed E-state index contributed by atoms with van der Waals surface area (Å²) in [7, 11) is 0. The van der Waals surface area contributed by atoms with Crippen molar-refractivity contribution in [3.05, 3.63) is 35.4 Å². The Balaban J connectivity index is 1.96. The molecule has 1 aromatic carbocycles. The number of rotatable bonds is 6. The largest absolute Gasteiger partial charge is 0.391 e. The van der Waals surface area contributed by atoms with Crippen LogP contribution < -0.4 is 10.8 Å². The zero-order chi connectivity index (χ0) is 17.5. The fraction of sp³-hybridized carbons (Fsp3) is 0.500. The molecular formula is C16H23N3O5. The first-order valence-corrected chi connectivity index (χ1v) is 7.83. The number of nitrogens with one attached hydrogen (secondary N) is 2. The van der Waals surface area contributed by atoms with Gasteiger partial charge in [0.05, 0.1) is 19.3 Å². The van der Waals surface area contributed by atoms with E-state index < -0.39 is 24.0 Å². The summed E-state index contributed by atoms with van der Waals surface area (Å²) in [5, 5.41) is 20.6. The van der Waals surface area contributed by atoms with Gasteiger partial charge in [-0.25, -0.2) is 5.48 Å². The van der Waals surface area contributed by atoms with Crippen LogP contribution in [0.4, 0.5) is 0 Å². The van der Waals surface area contributed by atoms with E-state index in [1.807, 2.05) is 12.1 Å². The van der Waals surface area contributed by atoms with Crippen molar-refractivity contribution in [3.8, 4) is 0 Å². The highest BCUT2D eigenvalue weighted by Crippen LogP contribution is 2.10. The molecule has 0 radical (unpaired) electrons. The molecule has 8 nitrogen and oxygen atoms in total. The number of hydrogen-bond donors (Lipinski definition) is 4. The number of ether oxygens (including phenoxy) is 1. The van der Waals surface area contributed by atoms with Crippen molar-refractivity contribution < 1.29 is 24.6 Å². The monoisotopic (exact) mass is 337 g/mol. The molecule has 1 aromatic rings. The molecule has 2 rings (SSSR count). The Hall–Kier alpha value is -2.00. The first-order valence-electron chi connectivity index (χ1n) is 7.83. The Morgan fingerprint density at radius 2 is 1.88 bits per heavy atom. The molecule has 8 heteroatoms. The number of carbonyl (C=O) groups is 2. The highest BCUT2D eigenvalue weighted by molar-refractivity contribution is 5.97. The molecule has 0 aliphatic carbocycles. The standard InChI is InChI=1S/C16H23N3O5/c1-11(20)14(16(22)18-23)17-15(21)13-4-2-12(3-5-13)10-19-6-8-24-9-7-19/h2-5,11,14,20,23H,6-10H2,1H3,(H,17,21)(H,18,22). The van der Waals surface area contributed by atoms with E-state index in [-0.39, 0.29) is 0 Å². The molecule has 1 saturated heterocycles. The molecule has 0 aromatic heterocycles. The van der Waals surface area contributed by atoms with Gasteiger partial charge in [-0.3, -0.25) is 19.7 Å². The van der Waals surface area contributed by atoms with Crippen LogP contribution in [-0.4, -0.2) is 65.5 Å². The first kappa shape index (κ1) is 18.3. The molecule has 0 saturated carbocycles. The molecule has 1 heterocycles. The lowest BCUT2D eigenvalue weighted by atomic mass is 10.1. The number of aliphatic hydroxyl groups excluding tert-OH is 1. The van der Waals surface area contributed by atoms with E-state index in [2.05, 4.69) is 10.2 Å². The maximum Gasteiger partial charge on any atom is 0.268 e. The van der Waals surface area contributed by atoms with Crippen molar-refractivity contribution in [2.45, 2.75) is 25.6 Å². The predicted octanol–water partition coefficient (Wildman–Crippen LogP) is -0.497. The molecule has 2 unspecified atom stereocenters. The topological polar surface area (TPSA) is 111 Å². The van der Waals surface area contributed by atoms with Crippen molar-refractivity contribution in [2.75, 3.05) is 26.3 Å². The highest BCUT2D eigenvalue weighted by atomic mass is 16.5. The third-order valence-corrected chi connectivity index (χ3v) is 3.89. The maximum absolute atomic E-state index is 12.2. The summed E-state index contributed by atoms with van der Waals surface area (Å²) >= 11 is 0. The lowest BCUT2D eigenvalue weighted by Gasteiger charge is -2.26. The quantitative estimate of drug-likeness (QED) is 0.411. The third kappa shape index (κ3) is 5.00. The van der Waals surface area contributed by atoms with Gasteiger partial charge in [0.15, 0.2) is 0 Å². The average molecular weight is 337 g/mol. The van der Waals surface area contributed by atoms with E-state index in [1.54, 1.807) is 12.1 Å². The SMILES string of the molecule is CC(O)C(NC(=O)c1ccc(CN2CCOCC2)cc1)C(=O)NO. The van der Waals surface area contributed by atoms with Crippen LogP contribution in [0.2, 0.25) is 0 Å². The third-order valence-electron chi connectivity index (χ3n) is 3.89. The number of nitrogens with zero attached hydrogens (tertiary/aromatic N) is 1. The number of morpholine rings is 1. The zero-order valence-electron chi connectivity index (χ0n) is 13.6. The van der Waals surface area contributed by atoms with Crippen LogP contribution >= 0.6 is 0 Å². The molecule has 1 aliphatic heterocycles. The minimum atomic E-state index is -1.23. The van der Waals surface area contributed by atoms with Crippen molar-refractivity contribution >= 4 is 11.8 Å². The van der Waals surface area contributed by atoms with E-state index in [4.69, 9.17) is 9.94 Å². The van der Waals surface area contributed by atoms with Crippen LogP contribution in [0.1, 0.15) is 22.8 Å². The minimum absolute atomic E-state index is 0.372. The Labute approximate surface area is 140 Å². The van der Waals surface area contributed by atoms with Crippen LogP contribution in [0.15, 0.2) is 24.3 Å². The van der Waals surface area contributed by atoms with Crippen molar-refractivity contribution in [2.24, 2.45) is 0 Å². The molecule has 1 fully saturated rings. The zero-order valence-corrected chi connectivity index (χ0v) is 13.6. The molecule has 1 aliphatic rings. The van der Waals surface area contributed by atoms with Gasteiger partial charge in [0.2, 0.25) is 0 Å². The molecule has 4 N–H and O–H groups in total. The normalized spacial score (nSPS) is 17.8. The molecule has 0 spiro atoms. The maximum atomic E-state index is 12.2. The fourth-order valence-electron chi connectivity index (χ4n) is 2.48. The fourth-order valence-corrected chi connectivity index (χ4v) is 2.48. The van der Waals surface area contributed by atoms with Gasteiger partial charge in [-0.1, -0.05) is 12.1 Å². The van der Waals surface area contributed by atoms with Gasteiger partial charge in [0.25, 0.3) is 11.8 Å². The number of amides is 2. The first-order chi connectivity index (χ1) is 11.5. The van der Waals surface area contributed by atoms with E-state index in [0.717, 1.165) is 38.4 Å². The molecule has 132 valence electrons. The van der Waals surface area contributed by atoms with E-state index >= 15 is 0 Å². The lowest BCUT2D eigenvalue weighted by molar-refractivity contribution is -0.133. The second-order valence-electron chi connectivity index (χ2n) is 5.75. The van der Waals surface area contributed by atoms with E-state index in [0.29, 0.717) is 5.56 Å². The van der Waals surface area contributed by atoms with E-state index in [9.17, 15) is 14.7 Å². The van der Waals surface area contributed by atoms with Gasteiger partial charge < -0.3 is 15.2 Å². The van der Waals surface area contributed by atoms with Crippen LogP contribution in [0.5, 0.6) is 0 Å². The summed E-state index contributed by atoms with van der Waals surface area (Å²) < 4.78 is 5.31. The summed E-state index contributed by atoms with van der Waals surface area (Å²) in [6.45, 7) is 5.37. The summed E-state index contributed by atoms with van der Waals surface area (Å²) in [5.74, 6) is -1.37. The summed E-state index contributed by atoms with van der Waals surface area (Å²) in [4.78, 5) is 25.9.